The van der Waals surface area contributed by atoms with Crippen LogP contribution in [0, 0.1) is 0 Å². The molecule has 0 heterocycles. The molecular weight excluding hydrogens is 202 g/mol. The van der Waals surface area contributed by atoms with Crippen LogP contribution in [0.4, 0.5) is 5.69 Å². The fourth-order valence-electron chi connectivity index (χ4n) is 1.23. The second kappa shape index (κ2) is 5.92. The third-order valence-electron chi connectivity index (χ3n) is 2.22. The molecule has 4 heteroatoms. The highest BCUT2D eigenvalue weighted by atomic mass is 16.5. The third-order valence-corrected chi connectivity index (χ3v) is 2.22. The summed E-state index contributed by atoms with van der Waals surface area (Å²) in [5.41, 5.74) is 13.1. The first-order chi connectivity index (χ1) is 7.69. The number of benzene rings is 1. The van der Waals surface area contributed by atoms with Crippen LogP contribution in [0.3, 0.4) is 0 Å². The van der Waals surface area contributed by atoms with E-state index < -0.39 is 0 Å². The second-order valence-electron chi connectivity index (χ2n) is 3.33. The molecule has 1 aromatic rings. The average Bonchev–Trinajstić information content (AvgIpc) is 2.35. The Morgan fingerprint density at radius 1 is 1.38 bits per heavy atom. The van der Waals surface area contributed by atoms with Gasteiger partial charge < -0.3 is 16.2 Å². The molecule has 16 heavy (non-hydrogen) atoms. The maximum Gasteiger partial charge on any atom is 0.0984 e. The second-order valence-corrected chi connectivity index (χ2v) is 3.33. The Kier molecular flexibility index (Phi) is 4.54. The zero-order valence-electron chi connectivity index (χ0n) is 9.55. The van der Waals surface area contributed by atoms with Crippen molar-refractivity contribution in [2.45, 2.75) is 13.0 Å². The molecule has 1 aromatic carbocycles. The summed E-state index contributed by atoms with van der Waals surface area (Å²) in [4.78, 5) is 4.42. The van der Waals surface area contributed by atoms with Crippen LogP contribution in [-0.4, -0.2) is 18.9 Å². The van der Waals surface area contributed by atoms with E-state index in [4.69, 9.17) is 16.2 Å². The largest absolute Gasteiger partial charge is 0.403 e. The average molecular weight is 219 g/mol. The van der Waals surface area contributed by atoms with Gasteiger partial charge in [0.2, 0.25) is 0 Å². The van der Waals surface area contributed by atoms with Gasteiger partial charge in [-0.05, 0) is 19.1 Å². The topological polar surface area (TPSA) is 73.6 Å². The van der Waals surface area contributed by atoms with Crippen molar-refractivity contribution in [3.8, 4) is 0 Å². The minimum Gasteiger partial charge on any atom is -0.403 e. The minimum atomic E-state index is -0.194. The summed E-state index contributed by atoms with van der Waals surface area (Å²) >= 11 is 0. The molecule has 0 fully saturated rings. The molecule has 1 atom stereocenters. The summed E-state index contributed by atoms with van der Waals surface area (Å²) in [6.45, 7) is 1.87. The van der Waals surface area contributed by atoms with E-state index in [0.29, 0.717) is 11.4 Å². The molecule has 4 N–H and O–H groups in total. The highest BCUT2D eigenvalue weighted by Gasteiger charge is 2.12. The molecule has 0 saturated heterocycles. The Labute approximate surface area is 95.6 Å². The lowest BCUT2D eigenvalue weighted by molar-refractivity contribution is 0.171. The molecule has 0 aromatic heterocycles. The van der Waals surface area contributed by atoms with E-state index in [2.05, 4.69) is 4.99 Å². The van der Waals surface area contributed by atoms with E-state index in [0.717, 1.165) is 5.69 Å². The lowest BCUT2D eigenvalue weighted by Gasteiger charge is -2.13. The predicted molar refractivity (Wildman–Crippen MR) is 66.5 cm³/mol. The van der Waals surface area contributed by atoms with Gasteiger partial charge in [-0.1, -0.05) is 18.2 Å². The van der Waals surface area contributed by atoms with Gasteiger partial charge in [-0.15, -0.1) is 0 Å². The normalized spacial score (nSPS) is 14.9. The third kappa shape index (κ3) is 3.10. The molecule has 0 amide bonds. The van der Waals surface area contributed by atoms with Crippen LogP contribution < -0.4 is 11.5 Å². The highest BCUT2D eigenvalue weighted by molar-refractivity contribution is 6.03. The van der Waals surface area contributed by atoms with Crippen LogP contribution in [0.2, 0.25) is 0 Å². The SMILES string of the molecule is CO[C@@H](C)C(=Nc1ccccc1)C(N)=CN. The number of ether oxygens (including phenoxy) is 1. The van der Waals surface area contributed by atoms with Crippen LogP contribution in [0.5, 0.6) is 0 Å². The molecule has 0 spiro atoms. The van der Waals surface area contributed by atoms with Crippen molar-refractivity contribution in [2.24, 2.45) is 16.5 Å². The van der Waals surface area contributed by atoms with E-state index in [9.17, 15) is 0 Å². The molecule has 86 valence electrons. The number of rotatable bonds is 4. The van der Waals surface area contributed by atoms with Gasteiger partial charge in [0.15, 0.2) is 0 Å². The molecule has 0 unspecified atom stereocenters. The van der Waals surface area contributed by atoms with Gasteiger partial charge in [-0.3, -0.25) is 0 Å². The van der Waals surface area contributed by atoms with Crippen molar-refractivity contribution in [2.75, 3.05) is 7.11 Å². The summed E-state index contributed by atoms with van der Waals surface area (Å²) in [5.74, 6) is 0. The summed E-state index contributed by atoms with van der Waals surface area (Å²) in [5, 5.41) is 0. The summed E-state index contributed by atoms with van der Waals surface area (Å²) in [7, 11) is 1.61. The summed E-state index contributed by atoms with van der Waals surface area (Å²) in [6.07, 6.45) is 1.14. The Morgan fingerprint density at radius 2 is 2.00 bits per heavy atom. The van der Waals surface area contributed by atoms with Gasteiger partial charge in [-0.2, -0.15) is 0 Å². The standard InChI is InChI=1S/C12H17N3O/c1-9(16-2)12(11(14)8-13)15-10-6-4-3-5-7-10/h3-9H,13-14H2,1-2H3/t9-/m0/s1. The van der Waals surface area contributed by atoms with Gasteiger partial charge in [-0.25, -0.2) is 4.99 Å². The number of methoxy groups -OCH3 is 1. The van der Waals surface area contributed by atoms with Crippen LogP contribution in [0.1, 0.15) is 6.92 Å². The molecular formula is C12H17N3O. The molecule has 0 aliphatic heterocycles. The van der Waals surface area contributed by atoms with E-state index >= 15 is 0 Å². The maximum absolute atomic E-state index is 5.77. The van der Waals surface area contributed by atoms with Crippen LogP contribution in [0.25, 0.3) is 0 Å². The van der Waals surface area contributed by atoms with Crippen LogP contribution >= 0.6 is 0 Å². The maximum atomic E-state index is 5.77. The lowest BCUT2D eigenvalue weighted by atomic mass is 10.2. The molecule has 1 rings (SSSR count). The first-order valence-corrected chi connectivity index (χ1v) is 5.03. The zero-order chi connectivity index (χ0) is 12.0. The van der Waals surface area contributed by atoms with Crippen molar-refractivity contribution >= 4 is 11.4 Å². The smallest absolute Gasteiger partial charge is 0.0984 e. The van der Waals surface area contributed by atoms with Gasteiger partial charge in [0, 0.05) is 13.3 Å². The van der Waals surface area contributed by atoms with E-state index in [1.54, 1.807) is 7.11 Å². The number of aliphatic imine (C=N–C) groups is 1. The van der Waals surface area contributed by atoms with Crippen LogP contribution in [0.15, 0.2) is 47.2 Å². The zero-order valence-corrected chi connectivity index (χ0v) is 9.55. The fraction of sp³-hybridized carbons (Fsp3) is 0.250. The molecule has 0 aliphatic carbocycles. The Hall–Kier alpha value is -1.81. The Bertz CT molecular complexity index is 385. The van der Waals surface area contributed by atoms with E-state index in [1.807, 2.05) is 37.3 Å². The summed E-state index contributed by atoms with van der Waals surface area (Å²) < 4.78 is 5.20. The monoisotopic (exact) mass is 219 g/mol. The van der Waals surface area contributed by atoms with Gasteiger partial charge in [0.1, 0.15) is 0 Å². The number of nitrogens with two attached hydrogens (primary N) is 2. The fourth-order valence-corrected chi connectivity index (χ4v) is 1.23. The quantitative estimate of drug-likeness (QED) is 0.754. The van der Waals surface area contributed by atoms with Crippen LogP contribution in [-0.2, 0) is 4.74 Å². The first kappa shape index (κ1) is 12.3. The molecule has 0 aliphatic rings. The molecule has 0 saturated carbocycles. The van der Waals surface area contributed by atoms with Gasteiger partial charge in [0.25, 0.3) is 0 Å². The number of hydrogen-bond acceptors (Lipinski definition) is 4. The highest BCUT2D eigenvalue weighted by Crippen LogP contribution is 2.13. The van der Waals surface area contributed by atoms with Crippen molar-refractivity contribution < 1.29 is 4.74 Å². The van der Waals surface area contributed by atoms with Gasteiger partial charge in [0.05, 0.1) is 23.2 Å². The molecule has 0 radical (unpaired) electrons. The Morgan fingerprint density at radius 3 is 2.50 bits per heavy atom. The van der Waals surface area contributed by atoms with Crippen molar-refractivity contribution in [1.82, 2.24) is 0 Å². The minimum absolute atomic E-state index is 0.194. The van der Waals surface area contributed by atoms with Crippen molar-refractivity contribution in [1.29, 1.82) is 0 Å². The van der Waals surface area contributed by atoms with Crippen molar-refractivity contribution in [3.63, 3.8) is 0 Å². The lowest BCUT2D eigenvalue weighted by Crippen LogP contribution is -2.26. The number of para-hydroxylation sites is 1. The predicted octanol–water partition coefficient (Wildman–Crippen LogP) is 1.55. The Balaban J connectivity index is 3.07. The van der Waals surface area contributed by atoms with Crippen molar-refractivity contribution in [3.05, 3.63) is 42.2 Å². The van der Waals surface area contributed by atoms with E-state index in [-0.39, 0.29) is 6.10 Å². The molecule has 4 nitrogen and oxygen atoms in total. The van der Waals surface area contributed by atoms with Gasteiger partial charge >= 0.3 is 0 Å². The molecule has 0 bridgehead atoms. The summed E-state index contributed by atoms with van der Waals surface area (Å²) in [6, 6.07) is 9.55. The number of nitrogens with zero attached hydrogens (tertiary/aromatic N) is 1. The van der Waals surface area contributed by atoms with E-state index in [1.165, 1.54) is 6.20 Å². The number of hydrogen-bond donors (Lipinski definition) is 2. The first-order valence-electron chi connectivity index (χ1n) is 5.03.